The van der Waals surface area contributed by atoms with E-state index in [-0.39, 0.29) is 11.6 Å². The van der Waals surface area contributed by atoms with Gasteiger partial charge in [-0.25, -0.2) is 14.2 Å². The zero-order valence-electron chi connectivity index (χ0n) is 11.1. The number of nitrogens with zero attached hydrogens (tertiary/aromatic N) is 1. The van der Waals surface area contributed by atoms with Gasteiger partial charge in [0.1, 0.15) is 5.82 Å². The average Bonchev–Trinajstić information content (AvgIpc) is 2.84. The van der Waals surface area contributed by atoms with Gasteiger partial charge in [0.05, 0.1) is 11.1 Å². The lowest BCUT2D eigenvalue weighted by atomic mass is 10.1. The van der Waals surface area contributed by atoms with Crippen LogP contribution in [-0.4, -0.2) is 22.7 Å². The molecule has 0 spiro atoms. The van der Waals surface area contributed by atoms with Crippen molar-refractivity contribution in [3.63, 3.8) is 0 Å². The monoisotopic (exact) mass is 329 g/mol. The van der Waals surface area contributed by atoms with Crippen molar-refractivity contribution in [3.8, 4) is 0 Å². The Hall–Kier alpha value is -1.70. The summed E-state index contributed by atoms with van der Waals surface area (Å²) >= 11 is 6.90. The molecule has 1 aromatic heterocycles. The maximum atomic E-state index is 13.3. The first-order chi connectivity index (χ1) is 9.95. The van der Waals surface area contributed by atoms with E-state index in [1.807, 2.05) is 6.92 Å². The van der Waals surface area contributed by atoms with E-state index in [9.17, 15) is 14.3 Å². The minimum Gasteiger partial charge on any atom is -0.387 e. The maximum Gasteiger partial charge on any atom is 0.321 e. The molecule has 2 aromatic rings. The molecule has 0 aliphatic rings. The summed E-state index contributed by atoms with van der Waals surface area (Å²) in [6.45, 7) is 1.82. The van der Waals surface area contributed by atoms with E-state index in [1.54, 1.807) is 6.20 Å². The molecule has 0 radical (unpaired) electrons. The van der Waals surface area contributed by atoms with E-state index in [0.717, 1.165) is 10.9 Å². The normalized spacial score (nSPS) is 12.0. The van der Waals surface area contributed by atoms with Gasteiger partial charge in [0.15, 0.2) is 5.13 Å². The minimum atomic E-state index is -1.03. The molecule has 1 atom stereocenters. The van der Waals surface area contributed by atoms with Crippen molar-refractivity contribution in [2.24, 2.45) is 0 Å². The predicted octanol–water partition coefficient (Wildman–Crippen LogP) is 3.10. The number of carbonyl (C=O) groups excluding carboxylic acids is 1. The van der Waals surface area contributed by atoms with Crippen molar-refractivity contribution in [2.45, 2.75) is 13.0 Å². The smallest absolute Gasteiger partial charge is 0.321 e. The summed E-state index contributed by atoms with van der Waals surface area (Å²) in [4.78, 5) is 16.6. The highest BCUT2D eigenvalue weighted by Crippen LogP contribution is 2.20. The molecule has 0 aliphatic heterocycles. The minimum absolute atomic E-state index is 0.0178. The number of benzene rings is 1. The summed E-state index contributed by atoms with van der Waals surface area (Å²) in [5.41, 5.74) is 0.335. The second-order valence-corrected chi connectivity index (χ2v) is 5.94. The van der Waals surface area contributed by atoms with Crippen LogP contribution in [0.25, 0.3) is 0 Å². The number of aryl methyl sites for hydroxylation is 1. The van der Waals surface area contributed by atoms with E-state index in [2.05, 4.69) is 15.6 Å². The molecule has 0 aliphatic carbocycles. The summed E-state index contributed by atoms with van der Waals surface area (Å²) in [5.74, 6) is -0.615. The molecule has 21 heavy (non-hydrogen) atoms. The van der Waals surface area contributed by atoms with Crippen LogP contribution >= 0.6 is 22.9 Å². The van der Waals surface area contributed by atoms with Crippen molar-refractivity contribution < 1.29 is 14.3 Å². The van der Waals surface area contributed by atoms with Gasteiger partial charge in [-0.2, -0.15) is 0 Å². The molecule has 112 valence electrons. The molecular formula is C13H13ClFN3O2S. The molecule has 2 rings (SSSR count). The van der Waals surface area contributed by atoms with Crippen LogP contribution in [0.2, 0.25) is 5.02 Å². The topological polar surface area (TPSA) is 74.2 Å². The van der Waals surface area contributed by atoms with Gasteiger partial charge in [-0.05, 0) is 24.6 Å². The maximum absolute atomic E-state index is 13.3. The number of hydrogen-bond donors (Lipinski definition) is 3. The number of aliphatic hydroxyl groups excluding tert-OH is 1. The standard InChI is InChI=1S/C13H13ClFN3O2S/c1-7-5-17-13(21-7)18-12(20)16-6-11(19)8-2-3-9(14)10(15)4-8/h2-5,11,19H,6H2,1H3,(H2,16,17,18,20)/t11-/m0/s1. The first kappa shape index (κ1) is 15.7. The van der Waals surface area contributed by atoms with E-state index in [0.29, 0.717) is 10.7 Å². The third kappa shape index (κ3) is 4.38. The third-order valence-electron chi connectivity index (χ3n) is 2.63. The van der Waals surface area contributed by atoms with Crippen molar-refractivity contribution in [3.05, 3.63) is 45.7 Å². The molecule has 5 nitrogen and oxygen atoms in total. The summed E-state index contributed by atoms with van der Waals surface area (Å²) < 4.78 is 13.3. The Labute approximate surface area is 129 Å². The molecule has 3 N–H and O–H groups in total. The number of thiazole rings is 1. The third-order valence-corrected chi connectivity index (χ3v) is 3.76. The summed E-state index contributed by atoms with van der Waals surface area (Å²) in [6, 6.07) is 3.50. The lowest BCUT2D eigenvalue weighted by Crippen LogP contribution is -2.32. The van der Waals surface area contributed by atoms with Crippen LogP contribution in [0, 0.1) is 12.7 Å². The second kappa shape index (κ2) is 6.84. The number of aliphatic hydroxyl groups is 1. The molecule has 0 bridgehead atoms. The largest absolute Gasteiger partial charge is 0.387 e. The number of carbonyl (C=O) groups is 1. The van der Waals surface area contributed by atoms with E-state index < -0.39 is 18.0 Å². The van der Waals surface area contributed by atoms with Crippen LogP contribution in [0.3, 0.4) is 0 Å². The predicted molar refractivity (Wildman–Crippen MR) is 80.2 cm³/mol. The number of anilines is 1. The fourth-order valence-corrected chi connectivity index (χ4v) is 2.36. The molecule has 0 saturated heterocycles. The van der Waals surface area contributed by atoms with Crippen LogP contribution in [0.4, 0.5) is 14.3 Å². The van der Waals surface area contributed by atoms with Gasteiger partial charge in [0, 0.05) is 17.6 Å². The van der Waals surface area contributed by atoms with Crippen molar-refractivity contribution >= 4 is 34.1 Å². The number of hydrogen-bond acceptors (Lipinski definition) is 4. The number of rotatable bonds is 4. The van der Waals surface area contributed by atoms with Crippen molar-refractivity contribution in [1.29, 1.82) is 0 Å². The summed E-state index contributed by atoms with van der Waals surface area (Å²) in [5, 5.41) is 15.4. The van der Waals surface area contributed by atoms with E-state index in [1.165, 1.54) is 23.5 Å². The van der Waals surface area contributed by atoms with Crippen LogP contribution in [0.5, 0.6) is 0 Å². The number of amides is 2. The Kier molecular flexibility index (Phi) is 5.11. The van der Waals surface area contributed by atoms with Gasteiger partial charge in [-0.1, -0.05) is 17.7 Å². The number of urea groups is 1. The Balaban J connectivity index is 1.86. The fourth-order valence-electron chi connectivity index (χ4n) is 1.58. The molecule has 0 fully saturated rings. The molecule has 1 heterocycles. The molecule has 2 amide bonds. The van der Waals surface area contributed by atoms with E-state index >= 15 is 0 Å². The fraction of sp³-hybridized carbons (Fsp3) is 0.231. The quantitative estimate of drug-likeness (QED) is 0.807. The molecular weight excluding hydrogens is 317 g/mol. The lowest BCUT2D eigenvalue weighted by molar-refractivity contribution is 0.174. The van der Waals surface area contributed by atoms with E-state index in [4.69, 9.17) is 11.6 Å². The molecule has 8 heteroatoms. The highest BCUT2D eigenvalue weighted by molar-refractivity contribution is 7.15. The highest BCUT2D eigenvalue weighted by atomic mass is 35.5. The lowest BCUT2D eigenvalue weighted by Gasteiger charge is -2.12. The van der Waals surface area contributed by atoms with Crippen LogP contribution in [-0.2, 0) is 0 Å². The summed E-state index contributed by atoms with van der Waals surface area (Å²) in [6.07, 6.45) is 0.617. The highest BCUT2D eigenvalue weighted by Gasteiger charge is 2.12. The van der Waals surface area contributed by atoms with Gasteiger partial charge in [-0.3, -0.25) is 5.32 Å². The SMILES string of the molecule is Cc1cnc(NC(=O)NC[C@H](O)c2ccc(Cl)c(F)c2)s1. The van der Waals surface area contributed by atoms with Gasteiger partial charge in [0.2, 0.25) is 0 Å². The second-order valence-electron chi connectivity index (χ2n) is 4.30. The van der Waals surface area contributed by atoms with Crippen molar-refractivity contribution in [1.82, 2.24) is 10.3 Å². The number of aromatic nitrogens is 1. The number of halogens is 2. The van der Waals surface area contributed by atoms with Gasteiger partial charge < -0.3 is 10.4 Å². The van der Waals surface area contributed by atoms with Gasteiger partial charge >= 0.3 is 6.03 Å². The Morgan fingerprint density at radius 3 is 2.95 bits per heavy atom. The average molecular weight is 330 g/mol. The van der Waals surface area contributed by atoms with Gasteiger partial charge in [0.25, 0.3) is 0 Å². The molecule has 1 aromatic carbocycles. The zero-order chi connectivity index (χ0) is 15.4. The first-order valence-electron chi connectivity index (χ1n) is 6.06. The summed E-state index contributed by atoms with van der Waals surface area (Å²) in [7, 11) is 0. The molecule has 0 unspecified atom stereocenters. The Bertz CT molecular complexity index is 650. The van der Waals surface area contributed by atoms with Gasteiger partial charge in [-0.15, -0.1) is 11.3 Å². The molecule has 0 saturated carbocycles. The Morgan fingerprint density at radius 1 is 1.57 bits per heavy atom. The van der Waals surface area contributed by atoms with Crippen molar-refractivity contribution in [2.75, 3.05) is 11.9 Å². The Morgan fingerprint density at radius 2 is 2.33 bits per heavy atom. The van der Waals surface area contributed by atoms with Crippen LogP contribution in [0.15, 0.2) is 24.4 Å². The number of nitrogens with one attached hydrogen (secondary N) is 2. The zero-order valence-corrected chi connectivity index (χ0v) is 12.6. The van der Waals surface area contributed by atoms with Crippen LogP contribution < -0.4 is 10.6 Å². The van der Waals surface area contributed by atoms with Crippen LogP contribution in [0.1, 0.15) is 16.5 Å². The first-order valence-corrected chi connectivity index (χ1v) is 7.25.